The molecule has 0 saturated heterocycles. The van der Waals surface area contributed by atoms with Crippen LogP contribution in [0, 0.1) is 0 Å². The van der Waals surface area contributed by atoms with Crippen molar-refractivity contribution in [3.8, 4) is 0 Å². The zero-order chi connectivity index (χ0) is 53.6. The molecule has 0 saturated carbocycles. The van der Waals surface area contributed by atoms with Crippen molar-refractivity contribution >= 4 is 70.3 Å². The topological polar surface area (TPSA) is 166 Å². The van der Waals surface area contributed by atoms with Gasteiger partial charge in [0.05, 0.1) is 52.9 Å². The zero-order valence-corrected chi connectivity index (χ0v) is 46.5. The molecular formula is C56H70Cl4N8O8. The summed E-state index contributed by atoms with van der Waals surface area (Å²) in [6, 6.07) is 19.5. The number of rotatable bonds is 25. The molecule has 4 N–H and O–H groups in total. The van der Waals surface area contributed by atoms with Crippen molar-refractivity contribution in [1.29, 1.82) is 0 Å². The summed E-state index contributed by atoms with van der Waals surface area (Å²) >= 11 is 26.0. The van der Waals surface area contributed by atoms with Crippen LogP contribution in [0.3, 0.4) is 0 Å². The van der Waals surface area contributed by atoms with E-state index in [1.54, 1.807) is 12.1 Å². The Morgan fingerprint density at radius 3 is 1.34 bits per heavy atom. The molecule has 76 heavy (non-hydrogen) atoms. The Morgan fingerprint density at radius 2 is 0.921 bits per heavy atom. The van der Waals surface area contributed by atoms with Crippen LogP contribution in [-0.2, 0) is 44.9 Å². The van der Waals surface area contributed by atoms with Crippen molar-refractivity contribution in [2.24, 2.45) is 0 Å². The number of nitrogens with one attached hydrogen (secondary N) is 4. The summed E-state index contributed by atoms with van der Waals surface area (Å²) in [5, 5.41) is 13.7. The van der Waals surface area contributed by atoms with Gasteiger partial charge in [-0.05, 0) is 121 Å². The number of ether oxygens (including phenoxy) is 4. The Labute approximate surface area is 466 Å². The monoisotopic (exact) mass is 1120 g/mol. The van der Waals surface area contributed by atoms with E-state index < -0.39 is 0 Å². The van der Waals surface area contributed by atoms with E-state index in [-0.39, 0.29) is 35.7 Å². The third-order valence-corrected chi connectivity index (χ3v) is 15.5. The van der Waals surface area contributed by atoms with E-state index in [4.69, 9.17) is 65.4 Å². The highest BCUT2D eigenvalue weighted by atomic mass is 35.5. The van der Waals surface area contributed by atoms with E-state index >= 15 is 0 Å². The first-order valence-electron chi connectivity index (χ1n) is 26.3. The molecule has 8 rings (SSSR count). The van der Waals surface area contributed by atoms with Crippen LogP contribution in [-0.4, -0.2) is 176 Å². The largest absolute Gasteiger partial charge is 0.377 e. The van der Waals surface area contributed by atoms with Crippen molar-refractivity contribution in [2.45, 2.75) is 50.6 Å². The first-order valence-corrected chi connectivity index (χ1v) is 27.9. The predicted octanol–water partition coefficient (Wildman–Crippen LogP) is 7.60. The molecule has 4 aromatic carbocycles. The number of halogens is 4. The number of hydrogen-bond acceptors (Lipinski definition) is 10. The normalized spacial score (nSPS) is 17.4. The minimum absolute atomic E-state index is 0.0104. The van der Waals surface area contributed by atoms with Gasteiger partial charge >= 0.3 is 12.1 Å². The van der Waals surface area contributed by atoms with Crippen LogP contribution in [0.5, 0.6) is 0 Å². The van der Waals surface area contributed by atoms with Crippen LogP contribution in [0.2, 0.25) is 20.1 Å². The Hall–Kier alpha value is -4.72. The summed E-state index contributed by atoms with van der Waals surface area (Å²) in [5.74, 6) is 0.133. The van der Waals surface area contributed by atoms with Crippen LogP contribution in [0.15, 0.2) is 60.7 Å². The highest BCUT2D eigenvalue weighted by Gasteiger charge is 2.32. The average Bonchev–Trinajstić information content (AvgIpc) is 3.40. The van der Waals surface area contributed by atoms with Gasteiger partial charge in [-0.2, -0.15) is 0 Å². The second kappa shape index (κ2) is 28.2. The number of urea groups is 2. The summed E-state index contributed by atoms with van der Waals surface area (Å²) < 4.78 is 22.8. The molecule has 0 aromatic heterocycles. The summed E-state index contributed by atoms with van der Waals surface area (Å²) in [7, 11) is 4.15. The third-order valence-electron chi connectivity index (χ3n) is 14.4. The Kier molecular flexibility index (Phi) is 21.4. The molecule has 0 spiro atoms. The number of benzene rings is 4. The van der Waals surface area contributed by atoms with E-state index in [1.165, 1.54) is 0 Å². The van der Waals surface area contributed by atoms with Gasteiger partial charge in [0.15, 0.2) is 0 Å². The standard InChI is InChI=1S/C56H70Cl4N8O8/c1-65-33-47(45-29-41(57)31-51(59)49(45)35-65)39-7-5-37-9-15-67(53(69)43(37)27-39)17-21-75-25-23-73-19-13-63-55(71)61-11-3-4-12-62-56(72)64-14-20-74-24-26-76-22-18-68-16-10-38-6-8-40(28-44(38)54(68)70)48-34-66(2)36-50-46(48)30-42(58)32-52(50)60/h5-8,27-32,47-48H,3-4,9-26,33-36H2,1-2H3,(H2,61,63,71)(H2,62,64,72). The summed E-state index contributed by atoms with van der Waals surface area (Å²) in [6.07, 6.45) is 2.96. The first-order chi connectivity index (χ1) is 36.8. The fourth-order valence-corrected chi connectivity index (χ4v) is 11.6. The van der Waals surface area contributed by atoms with Crippen molar-refractivity contribution < 1.29 is 38.1 Å². The lowest BCUT2D eigenvalue weighted by atomic mass is 9.83. The highest BCUT2D eigenvalue weighted by Crippen LogP contribution is 2.41. The van der Waals surface area contributed by atoms with Gasteiger partial charge in [0.25, 0.3) is 11.8 Å². The Morgan fingerprint density at radius 1 is 0.526 bits per heavy atom. The van der Waals surface area contributed by atoms with Crippen molar-refractivity contribution in [3.63, 3.8) is 0 Å². The Bertz CT molecular complexity index is 2500. The summed E-state index contributed by atoms with van der Waals surface area (Å²) in [5.41, 5.74) is 10.1. The fraction of sp³-hybridized carbons (Fsp3) is 0.500. The smallest absolute Gasteiger partial charge is 0.314 e. The number of carbonyl (C=O) groups is 4. The minimum Gasteiger partial charge on any atom is -0.377 e. The minimum atomic E-state index is -0.286. The van der Waals surface area contributed by atoms with Gasteiger partial charge in [0.2, 0.25) is 0 Å². The lowest BCUT2D eigenvalue weighted by Gasteiger charge is -2.34. The molecule has 4 heterocycles. The second-order valence-corrected chi connectivity index (χ2v) is 21.5. The molecule has 16 nitrogen and oxygen atoms in total. The maximum Gasteiger partial charge on any atom is 0.314 e. The molecule has 4 aliphatic heterocycles. The Balaban J connectivity index is 0.590. The van der Waals surface area contributed by atoms with Gasteiger partial charge in [-0.25, -0.2) is 9.59 Å². The number of carbonyl (C=O) groups excluding carboxylic acids is 4. The number of amides is 6. The first kappa shape index (κ1) is 57.5. The van der Waals surface area contributed by atoms with Gasteiger partial charge in [-0.15, -0.1) is 0 Å². The molecule has 0 radical (unpaired) electrons. The second-order valence-electron chi connectivity index (χ2n) is 19.8. The average molecular weight is 1130 g/mol. The quantitative estimate of drug-likeness (QED) is 0.0486. The van der Waals surface area contributed by atoms with Gasteiger partial charge in [-0.1, -0.05) is 70.7 Å². The lowest BCUT2D eigenvalue weighted by Crippen LogP contribution is -2.40. The van der Waals surface area contributed by atoms with Crippen LogP contribution in [0.4, 0.5) is 9.59 Å². The van der Waals surface area contributed by atoms with Crippen LogP contribution in [0.25, 0.3) is 0 Å². The molecule has 4 aromatic rings. The summed E-state index contributed by atoms with van der Waals surface area (Å²) in [6.45, 7) is 9.92. The van der Waals surface area contributed by atoms with Gasteiger partial charge < -0.3 is 59.8 Å². The van der Waals surface area contributed by atoms with Crippen molar-refractivity contribution in [2.75, 3.05) is 132 Å². The number of unbranched alkanes of at least 4 members (excludes halogenated alkanes) is 1. The molecule has 410 valence electrons. The molecule has 2 atom stereocenters. The molecule has 0 aliphatic carbocycles. The van der Waals surface area contributed by atoms with E-state index in [0.29, 0.717) is 138 Å². The molecule has 2 unspecified atom stereocenters. The third kappa shape index (κ3) is 15.5. The predicted molar refractivity (Wildman–Crippen MR) is 297 cm³/mol. The molecule has 6 amide bonds. The molecular weight excluding hydrogens is 1050 g/mol. The maximum atomic E-state index is 13.6. The van der Waals surface area contributed by atoms with Gasteiger partial charge in [0.1, 0.15) is 0 Å². The van der Waals surface area contributed by atoms with Crippen molar-refractivity contribution in [3.05, 3.63) is 136 Å². The molecule has 20 heteroatoms. The van der Waals surface area contributed by atoms with E-state index in [1.807, 2.05) is 34.1 Å². The number of fused-ring (bicyclic) bond motifs is 4. The van der Waals surface area contributed by atoms with Crippen LogP contribution < -0.4 is 21.3 Å². The van der Waals surface area contributed by atoms with Gasteiger partial charge in [-0.3, -0.25) is 9.59 Å². The molecule has 0 fully saturated rings. The zero-order valence-electron chi connectivity index (χ0n) is 43.5. The number of hydrogen-bond donors (Lipinski definition) is 4. The van der Waals surface area contributed by atoms with Crippen LogP contribution in [0.1, 0.15) is 89.9 Å². The molecule has 4 aliphatic rings. The lowest BCUT2D eigenvalue weighted by molar-refractivity contribution is 0.0364. The fourth-order valence-electron chi connectivity index (χ4n) is 10.4. The van der Waals surface area contributed by atoms with Crippen molar-refractivity contribution in [1.82, 2.24) is 40.9 Å². The number of likely N-dealkylation sites (N-methyl/N-ethyl adjacent to an activating group) is 2. The van der Waals surface area contributed by atoms with E-state index in [0.717, 1.165) is 94.7 Å². The van der Waals surface area contributed by atoms with Gasteiger partial charge in [0, 0.05) is 122 Å². The van der Waals surface area contributed by atoms with E-state index in [9.17, 15) is 19.2 Å². The highest BCUT2D eigenvalue weighted by molar-refractivity contribution is 6.35. The van der Waals surface area contributed by atoms with Crippen LogP contribution >= 0.6 is 46.4 Å². The van der Waals surface area contributed by atoms with E-state index in [2.05, 4.69) is 69.4 Å². The number of nitrogens with zero attached hydrogens (tertiary/aromatic N) is 4. The molecule has 0 bridgehead atoms. The summed E-state index contributed by atoms with van der Waals surface area (Å²) in [4.78, 5) is 59.8. The SMILES string of the molecule is CN1Cc2c(Cl)cc(Cl)cc2C(c2ccc3c(c2)C(=O)N(CCOCCOCCNC(=O)NCCCCNC(=O)NCCOCCOCCN2CCc4ccc(C5CN(C)Cc6c(Cl)cc(Cl)cc65)cc4C2=O)CC3)C1. The maximum absolute atomic E-state index is 13.6.